The molecule has 0 unspecified atom stereocenters. The van der Waals surface area contributed by atoms with Crippen molar-refractivity contribution in [3.63, 3.8) is 0 Å². The van der Waals surface area contributed by atoms with Crippen molar-refractivity contribution in [2.75, 3.05) is 6.54 Å². The van der Waals surface area contributed by atoms with Crippen LogP contribution in [0.3, 0.4) is 0 Å². The van der Waals surface area contributed by atoms with Gasteiger partial charge < -0.3 is 5.32 Å². The average Bonchev–Trinajstić information content (AvgIpc) is 2.65. The van der Waals surface area contributed by atoms with E-state index < -0.39 is 0 Å². The van der Waals surface area contributed by atoms with Crippen molar-refractivity contribution in [1.29, 1.82) is 0 Å². The second-order valence-electron chi connectivity index (χ2n) is 4.74. The van der Waals surface area contributed by atoms with Crippen LogP contribution in [0.2, 0.25) is 5.02 Å². The SMILES string of the molecule is Cc1nn(C)c(CNCCCc2ccccc2)c1Cl. The first-order valence-electron chi connectivity index (χ1n) is 6.61. The van der Waals surface area contributed by atoms with E-state index >= 15 is 0 Å². The molecule has 1 aromatic heterocycles. The smallest absolute Gasteiger partial charge is 0.0860 e. The topological polar surface area (TPSA) is 29.9 Å². The maximum atomic E-state index is 6.20. The van der Waals surface area contributed by atoms with E-state index in [1.54, 1.807) is 0 Å². The Morgan fingerprint density at radius 3 is 2.63 bits per heavy atom. The van der Waals surface area contributed by atoms with Crippen LogP contribution in [0, 0.1) is 6.92 Å². The van der Waals surface area contributed by atoms with E-state index in [2.05, 4.69) is 40.7 Å². The predicted molar refractivity (Wildman–Crippen MR) is 79.4 cm³/mol. The van der Waals surface area contributed by atoms with Gasteiger partial charge in [-0.3, -0.25) is 4.68 Å². The first kappa shape index (κ1) is 14.1. The molecule has 0 radical (unpaired) electrons. The van der Waals surface area contributed by atoms with Gasteiger partial charge >= 0.3 is 0 Å². The van der Waals surface area contributed by atoms with Crippen molar-refractivity contribution in [1.82, 2.24) is 15.1 Å². The van der Waals surface area contributed by atoms with Gasteiger partial charge in [0.1, 0.15) is 0 Å². The highest BCUT2D eigenvalue weighted by atomic mass is 35.5. The number of nitrogens with one attached hydrogen (secondary N) is 1. The third-order valence-corrected chi connectivity index (χ3v) is 3.71. The molecule has 0 aliphatic heterocycles. The standard InChI is InChI=1S/C15H20ClN3/c1-12-15(16)14(19(2)18-12)11-17-10-6-9-13-7-4-3-5-8-13/h3-5,7-8,17H,6,9-11H2,1-2H3. The third kappa shape index (κ3) is 3.82. The van der Waals surface area contributed by atoms with E-state index in [9.17, 15) is 0 Å². The van der Waals surface area contributed by atoms with Gasteiger partial charge in [-0.05, 0) is 31.9 Å². The lowest BCUT2D eigenvalue weighted by Gasteiger charge is -2.06. The largest absolute Gasteiger partial charge is 0.311 e. The minimum absolute atomic E-state index is 0.769. The molecule has 0 saturated heterocycles. The summed E-state index contributed by atoms with van der Waals surface area (Å²) in [5.74, 6) is 0. The van der Waals surface area contributed by atoms with Gasteiger partial charge in [0.15, 0.2) is 0 Å². The predicted octanol–water partition coefficient (Wildman–Crippen LogP) is 3.10. The molecule has 0 bridgehead atoms. The summed E-state index contributed by atoms with van der Waals surface area (Å²) in [5, 5.41) is 8.50. The molecule has 2 aromatic rings. The van der Waals surface area contributed by atoms with Crippen LogP contribution in [0.1, 0.15) is 23.4 Å². The van der Waals surface area contributed by atoms with Crippen molar-refractivity contribution in [2.45, 2.75) is 26.3 Å². The molecular formula is C15H20ClN3. The van der Waals surface area contributed by atoms with Gasteiger partial charge in [-0.15, -0.1) is 0 Å². The molecule has 0 aliphatic carbocycles. The van der Waals surface area contributed by atoms with E-state index in [0.717, 1.165) is 42.3 Å². The fourth-order valence-electron chi connectivity index (χ4n) is 2.14. The monoisotopic (exact) mass is 277 g/mol. The molecule has 0 atom stereocenters. The van der Waals surface area contributed by atoms with Crippen LogP contribution in [-0.2, 0) is 20.0 Å². The summed E-state index contributed by atoms with van der Waals surface area (Å²) < 4.78 is 1.85. The van der Waals surface area contributed by atoms with Gasteiger partial charge in [0.05, 0.1) is 16.4 Å². The van der Waals surface area contributed by atoms with Gasteiger partial charge in [-0.2, -0.15) is 5.10 Å². The highest BCUT2D eigenvalue weighted by Gasteiger charge is 2.09. The zero-order valence-electron chi connectivity index (χ0n) is 11.5. The van der Waals surface area contributed by atoms with Crippen molar-refractivity contribution in [3.8, 4) is 0 Å². The summed E-state index contributed by atoms with van der Waals surface area (Å²) in [6.07, 6.45) is 2.23. The van der Waals surface area contributed by atoms with Crippen molar-refractivity contribution in [2.24, 2.45) is 7.05 Å². The highest BCUT2D eigenvalue weighted by molar-refractivity contribution is 6.31. The maximum absolute atomic E-state index is 6.20. The summed E-state index contributed by atoms with van der Waals surface area (Å²) >= 11 is 6.20. The number of aryl methyl sites for hydroxylation is 3. The van der Waals surface area contributed by atoms with Gasteiger partial charge in [-0.25, -0.2) is 0 Å². The Morgan fingerprint density at radius 2 is 2.00 bits per heavy atom. The third-order valence-electron chi connectivity index (χ3n) is 3.22. The van der Waals surface area contributed by atoms with Crippen LogP contribution >= 0.6 is 11.6 Å². The molecule has 19 heavy (non-hydrogen) atoms. The fourth-order valence-corrected chi connectivity index (χ4v) is 2.37. The molecule has 0 saturated carbocycles. The molecular weight excluding hydrogens is 258 g/mol. The molecule has 2 rings (SSSR count). The Hall–Kier alpha value is -1.32. The van der Waals surface area contributed by atoms with E-state index in [4.69, 9.17) is 11.6 Å². The summed E-state index contributed by atoms with van der Waals surface area (Å²) in [6, 6.07) is 10.6. The number of aromatic nitrogens is 2. The van der Waals surface area contributed by atoms with E-state index in [1.165, 1.54) is 5.56 Å². The number of halogens is 1. The number of hydrogen-bond acceptors (Lipinski definition) is 2. The average molecular weight is 278 g/mol. The van der Waals surface area contributed by atoms with Gasteiger partial charge in [0.25, 0.3) is 0 Å². The Morgan fingerprint density at radius 1 is 1.26 bits per heavy atom. The van der Waals surface area contributed by atoms with Crippen LogP contribution in [-0.4, -0.2) is 16.3 Å². The molecule has 0 spiro atoms. The second-order valence-corrected chi connectivity index (χ2v) is 5.11. The van der Waals surface area contributed by atoms with Crippen LogP contribution in [0.25, 0.3) is 0 Å². The van der Waals surface area contributed by atoms with Crippen LogP contribution < -0.4 is 5.32 Å². The lowest BCUT2D eigenvalue weighted by Crippen LogP contribution is -2.17. The van der Waals surface area contributed by atoms with Crippen LogP contribution in [0.4, 0.5) is 0 Å². The Bertz CT molecular complexity index is 520. The molecule has 3 nitrogen and oxygen atoms in total. The van der Waals surface area contributed by atoms with Crippen molar-refractivity contribution in [3.05, 3.63) is 52.3 Å². The van der Waals surface area contributed by atoms with E-state index in [-0.39, 0.29) is 0 Å². The number of nitrogens with zero attached hydrogens (tertiary/aromatic N) is 2. The number of hydrogen-bond donors (Lipinski definition) is 1. The highest BCUT2D eigenvalue weighted by Crippen LogP contribution is 2.18. The zero-order chi connectivity index (χ0) is 13.7. The molecule has 1 aromatic carbocycles. The lowest BCUT2D eigenvalue weighted by molar-refractivity contribution is 0.606. The van der Waals surface area contributed by atoms with Gasteiger partial charge in [-0.1, -0.05) is 41.9 Å². The normalized spacial score (nSPS) is 10.9. The molecule has 1 heterocycles. The van der Waals surface area contributed by atoms with E-state index in [0.29, 0.717) is 0 Å². The summed E-state index contributed by atoms with van der Waals surface area (Å²) in [6.45, 7) is 3.68. The van der Waals surface area contributed by atoms with Gasteiger partial charge in [0.2, 0.25) is 0 Å². The van der Waals surface area contributed by atoms with E-state index in [1.807, 2.05) is 18.7 Å². The summed E-state index contributed by atoms with van der Waals surface area (Å²) in [7, 11) is 1.93. The molecule has 0 amide bonds. The minimum atomic E-state index is 0.769. The minimum Gasteiger partial charge on any atom is -0.311 e. The van der Waals surface area contributed by atoms with Crippen molar-refractivity contribution < 1.29 is 0 Å². The second kappa shape index (κ2) is 6.73. The Balaban J connectivity index is 1.72. The summed E-state index contributed by atoms with van der Waals surface area (Å²) in [5.41, 5.74) is 3.34. The first-order valence-corrected chi connectivity index (χ1v) is 6.99. The maximum Gasteiger partial charge on any atom is 0.0860 e. The number of rotatable bonds is 6. The fraction of sp³-hybridized carbons (Fsp3) is 0.400. The zero-order valence-corrected chi connectivity index (χ0v) is 12.2. The quantitative estimate of drug-likeness (QED) is 0.823. The first-order chi connectivity index (χ1) is 9.18. The Labute approximate surface area is 119 Å². The molecule has 1 N–H and O–H groups in total. The number of benzene rings is 1. The summed E-state index contributed by atoms with van der Waals surface area (Å²) in [4.78, 5) is 0. The lowest BCUT2D eigenvalue weighted by atomic mass is 10.1. The Kier molecular flexibility index (Phi) is 5.00. The molecule has 102 valence electrons. The molecule has 4 heteroatoms. The van der Waals surface area contributed by atoms with Crippen molar-refractivity contribution >= 4 is 11.6 Å². The molecule has 0 fully saturated rings. The van der Waals surface area contributed by atoms with Crippen LogP contribution in [0.5, 0.6) is 0 Å². The van der Waals surface area contributed by atoms with Gasteiger partial charge in [0, 0.05) is 13.6 Å². The molecule has 0 aliphatic rings. The van der Waals surface area contributed by atoms with Crippen LogP contribution in [0.15, 0.2) is 30.3 Å².